The minimum Gasteiger partial charge on any atom is -0.469 e. The number of esters is 1. The monoisotopic (exact) mass is 274 g/mol. The summed E-state index contributed by atoms with van der Waals surface area (Å²) in [6.45, 7) is 2.23. The van der Waals surface area contributed by atoms with Crippen molar-refractivity contribution in [3.8, 4) is 0 Å². The van der Waals surface area contributed by atoms with Crippen molar-refractivity contribution in [3.05, 3.63) is 41.5 Å². The smallest absolute Gasteiger partial charge is 0.305 e. The number of carbonyl (C=O) groups is 1. The van der Waals surface area contributed by atoms with Crippen LogP contribution in [0.2, 0.25) is 0 Å². The van der Waals surface area contributed by atoms with Gasteiger partial charge >= 0.3 is 5.97 Å². The van der Waals surface area contributed by atoms with E-state index in [4.69, 9.17) is 0 Å². The highest BCUT2D eigenvalue weighted by atomic mass is 16.5. The number of hydrogen-bond donors (Lipinski definition) is 0. The summed E-state index contributed by atoms with van der Waals surface area (Å²) < 4.78 is 4.64. The van der Waals surface area contributed by atoms with Crippen molar-refractivity contribution in [2.24, 2.45) is 0 Å². The van der Waals surface area contributed by atoms with Crippen LogP contribution >= 0.6 is 0 Å². The molecule has 0 N–H and O–H groups in total. The van der Waals surface area contributed by atoms with Gasteiger partial charge in [0.1, 0.15) is 0 Å². The molecule has 0 fully saturated rings. The van der Waals surface area contributed by atoms with E-state index in [2.05, 4.69) is 48.1 Å². The van der Waals surface area contributed by atoms with Gasteiger partial charge in [-0.1, -0.05) is 62.6 Å². The van der Waals surface area contributed by atoms with Gasteiger partial charge in [0, 0.05) is 6.42 Å². The first-order valence-corrected chi connectivity index (χ1v) is 7.58. The standard InChI is InChI=1S/C18H26O2/c1-3-4-5-6-7-8-9-16-10-12-17(13-11-16)14-15-18(19)20-2/h8-13H,3-7,14-15H2,1-2H3. The van der Waals surface area contributed by atoms with Gasteiger partial charge in [0.05, 0.1) is 7.11 Å². The lowest BCUT2D eigenvalue weighted by Crippen LogP contribution is -2.01. The van der Waals surface area contributed by atoms with Crippen LogP contribution < -0.4 is 0 Å². The maximum absolute atomic E-state index is 11.1. The van der Waals surface area contributed by atoms with Crippen LogP contribution in [0.25, 0.3) is 6.08 Å². The molecule has 0 saturated heterocycles. The first-order valence-electron chi connectivity index (χ1n) is 7.58. The molecule has 1 aromatic rings. The average Bonchev–Trinajstić information content (AvgIpc) is 2.49. The van der Waals surface area contributed by atoms with Gasteiger partial charge in [0.15, 0.2) is 0 Å². The summed E-state index contributed by atoms with van der Waals surface area (Å²) in [6, 6.07) is 8.38. The molecule has 0 atom stereocenters. The van der Waals surface area contributed by atoms with E-state index in [1.807, 2.05) is 0 Å². The SMILES string of the molecule is CCCCCCC=Cc1ccc(CCC(=O)OC)cc1. The molecule has 110 valence electrons. The number of rotatable bonds is 9. The second kappa shape index (κ2) is 10.2. The van der Waals surface area contributed by atoms with Crippen molar-refractivity contribution >= 4 is 12.0 Å². The van der Waals surface area contributed by atoms with E-state index in [-0.39, 0.29) is 5.97 Å². The van der Waals surface area contributed by atoms with Crippen molar-refractivity contribution in [1.29, 1.82) is 0 Å². The Morgan fingerprint density at radius 2 is 1.90 bits per heavy atom. The van der Waals surface area contributed by atoms with Gasteiger partial charge in [-0.2, -0.15) is 0 Å². The molecule has 0 unspecified atom stereocenters. The number of allylic oxidation sites excluding steroid dienone is 1. The summed E-state index contributed by atoms with van der Waals surface area (Å²) in [7, 11) is 1.43. The summed E-state index contributed by atoms with van der Waals surface area (Å²) in [4.78, 5) is 11.1. The molecule has 0 aliphatic carbocycles. The van der Waals surface area contributed by atoms with E-state index in [1.54, 1.807) is 0 Å². The van der Waals surface area contributed by atoms with Crippen LogP contribution in [0.3, 0.4) is 0 Å². The van der Waals surface area contributed by atoms with Crippen LogP contribution in [0, 0.1) is 0 Å². The third-order valence-electron chi connectivity index (χ3n) is 3.36. The summed E-state index contributed by atoms with van der Waals surface area (Å²) >= 11 is 0. The fourth-order valence-corrected chi connectivity index (χ4v) is 2.05. The van der Waals surface area contributed by atoms with E-state index in [0.717, 1.165) is 12.8 Å². The maximum Gasteiger partial charge on any atom is 0.305 e. The van der Waals surface area contributed by atoms with E-state index in [1.165, 1.54) is 43.9 Å². The fourth-order valence-electron chi connectivity index (χ4n) is 2.05. The number of carbonyl (C=O) groups excluding carboxylic acids is 1. The van der Waals surface area contributed by atoms with Crippen molar-refractivity contribution in [1.82, 2.24) is 0 Å². The summed E-state index contributed by atoms with van der Waals surface area (Å²) in [5, 5.41) is 0. The normalized spacial score (nSPS) is 10.9. The molecule has 2 heteroatoms. The van der Waals surface area contributed by atoms with Crippen LogP contribution in [0.5, 0.6) is 0 Å². The number of ether oxygens (including phenoxy) is 1. The number of benzene rings is 1. The van der Waals surface area contributed by atoms with Crippen LogP contribution in [-0.4, -0.2) is 13.1 Å². The molecule has 0 aromatic heterocycles. The van der Waals surface area contributed by atoms with Crippen molar-refractivity contribution < 1.29 is 9.53 Å². The zero-order valence-corrected chi connectivity index (χ0v) is 12.7. The Morgan fingerprint density at radius 3 is 2.55 bits per heavy atom. The van der Waals surface area contributed by atoms with Crippen LogP contribution in [-0.2, 0) is 16.0 Å². The molecule has 0 amide bonds. The molecule has 2 nitrogen and oxygen atoms in total. The van der Waals surface area contributed by atoms with Crippen LogP contribution in [0.15, 0.2) is 30.3 Å². The third kappa shape index (κ3) is 7.13. The van der Waals surface area contributed by atoms with E-state index >= 15 is 0 Å². The lowest BCUT2D eigenvalue weighted by atomic mass is 10.1. The maximum atomic E-state index is 11.1. The third-order valence-corrected chi connectivity index (χ3v) is 3.36. The summed E-state index contributed by atoms with van der Waals surface area (Å²) in [5.41, 5.74) is 2.40. The highest BCUT2D eigenvalue weighted by molar-refractivity contribution is 5.69. The molecule has 0 aliphatic rings. The predicted octanol–water partition coefficient (Wildman–Crippen LogP) is 4.78. The number of aryl methyl sites for hydroxylation is 1. The Hall–Kier alpha value is -1.57. The molecular formula is C18H26O2. The fraction of sp³-hybridized carbons (Fsp3) is 0.500. The molecule has 20 heavy (non-hydrogen) atoms. The Labute approximate surface area is 122 Å². The van der Waals surface area contributed by atoms with Crippen molar-refractivity contribution in [3.63, 3.8) is 0 Å². The molecule has 1 aromatic carbocycles. The van der Waals surface area contributed by atoms with E-state index < -0.39 is 0 Å². The molecule has 1 rings (SSSR count). The van der Waals surface area contributed by atoms with Gasteiger partial charge in [-0.15, -0.1) is 0 Å². The first kappa shape index (κ1) is 16.5. The predicted molar refractivity (Wildman–Crippen MR) is 84.6 cm³/mol. The topological polar surface area (TPSA) is 26.3 Å². The minimum absolute atomic E-state index is 0.152. The van der Waals surface area contributed by atoms with Gasteiger partial charge in [0.2, 0.25) is 0 Å². The summed E-state index contributed by atoms with van der Waals surface area (Å²) in [5.74, 6) is -0.152. The molecule has 0 saturated carbocycles. The molecule has 0 radical (unpaired) electrons. The van der Waals surface area contributed by atoms with Gasteiger partial charge < -0.3 is 4.74 Å². The number of hydrogen-bond acceptors (Lipinski definition) is 2. The Bertz CT molecular complexity index is 404. The van der Waals surface area contributed by atoms with Crippen molar-refractivity contribution in [2.75, 3.05) is 7.11 Å². The molecule has 0 spiro atoms. The average molecular weight is 274 g/mol. The lowest BCUT2D eigenvalue weighted by Gasteiger charge is -2.01. The largest absolute Gasteiger partial charge is 0.469 e. The highest BCUT2D eigenvalue weighted by Crippen LogP contribution is 2.10. The quantitative estimate of drug-likeness (QED) is 0.478. The Balaban J connectivity index is 2.31. The van der Waals surface area contributed by atoms with E-state index in [9.17, 15) is 4.79 Å². The first-order chi connectivity index (χ1) is 9.76. The van der Waals surface area contributed by atoms with Gasteiger partial charge in [-0.3, -0.25) is 4.79 Å². The molecule has 0 bridgehead atoms. The van der Waals surface area contributed by atoms with Crippen LogP contribution in [0.1, 0.15) is 56.6 Å². The number of unbranched alkanes of at least 4 members (excludes halogenated alkanes) is 4. The van der Waals surface area contributed by atoms with Gasteiger partial charge in [-0.25, -0.2) is 0 Å². The zero-order valence-electron chi connectivity index (χ0n) is 12.7. The Kier molecular flexibility index (Phi) is 8.44. The van der Waals surface area contributed by atoms with Gasteiger partial charge in [0.25, 0.3) is 0 Å². The minimum atomic E-state index is -0.152. The lowest BCUT2D eigenvalue weighted by molar-refractivity contribution is -0.140. The highest BCUT2D eigenvalue weighted by Gasteiger charge is 2.00. The molecule has 0 aliphatic heterocycles. The zero-order chi connectivity index (χ0) is 14.6. The van der Waals surface area contributed by atoms with Crippen LogP contribution in [0.4, 0.5) is 0 Å². The second-order valence-electron chi connectivity index (χ2n) is 5.07. The number of methoxy groups -OCH3 is 1. The molecule has 0 heterocycles. The Morgan fingerprint density at radius 1 is 1.15 bits per heavy atom. The summed E-state index contributed by atoms with van der Waals surface area (Å²) in [6.07, 6.45) is 12.0. The molecular weight excluding hydrogens is 248 g/mol. The van der Waals surface area contributed by atoms with Gasteiger partial charge in [-0.05, 0) is 30.4 Å². The van der Waals surface area contributed by atoms with Crippen molar-refractivity contribution in [2.45, 2.75) is 51.9 Å². The second-order valence-corrected chi connectivity index (χ2v) is 5.07. The van der Waals surface area contributed by atoms with E-state index in [0.29, 0.717) is 6.42 Å².